The van der Waals surface area contributed by atoms with Crippen LogP contribution < -0.4 is 5.73 Å². The lowest BCUT2D eigenvalue weighted by molar-refractivity contribution is -0.0294. The molecule has 7 heteroatoms. The molecule has 1 saturated heterocycles. The van der Waals surface area contributed by atoms with E-state index in [2.05, 4.69) is 6.58 Å². The number of nitrogens with two attached hydrogens (primary N) is 1. The first-order chi connectivity index (χ1) is 11.9. The molecule has 25 heavy (non-hydrogen) atoms. The van der Waals surface area contributed by atoms with Gasteiger partial charge in [-0.3, -0.25) is 0 Å². The van der Waals surface area contributed by atoms with Crippen LogP contribution in [0.3, 0.4) is 0 Å². The van der Waals surface area contributed by atoms with E-state index in [1.54, 1.807) is 36.4 Å². The van der Waals surface area contributed by atoms with Crippen LogP contribution in [-0.4, -0.2) is 57.3 Å². The van der Waals surface area contributed by atoms with Crippen LogP contribution in [0, 0.1) is 5.92 Å². The fourth-order valence-corrected chi connectivity index (χ4v) is 5.02. The molecule has 0 amide bonds. The molecule has 0 radical (unpaired) electrons. The monoisotopic (exact) mass is 369 g/mol. The molecule has 0 saturated carbocycles. The van der Waals surface area contributed by atoms with Gasteiger partial charge in [0.2, 0.25) is 0 Å². The highest BCUT2D eigenvalue weighted by Gasteiger charge is 2.46. The van der Waals surface area contributed by atoms with Crippen LogP contribution in [0.2, 0.25) is 0 Å². The third-order valence-electron chi connectivity index (χ3n) is 4.58. The fraction of sp³-hybridized carbons (Fsp3) is 0.556. The van der Waals surface area contributed by atoms with Gasteiger partial charge in [0, 0.05) is 26.0 Å². The molecule has 1 aromatic carbocycles. The lowest BCUT2D eigenvalue weighted by atomic mass is 9.94. The lowest BCUT2D eigenvalue weighted by Gasteiger charge is -2.23. The van der Waals surface area contributed by atoms with Crippen molar-refractivity contribution >= 4 is 9.84 Å². The highest BCUT2D eigenvalue weighted by atomic mass is 32.2. The van der Waals surface area contributed by atoms with E-state index < -0.39 is 28.1 Å². The average molecular weight is 369 g/mol. The van der Waals surface area contributed by atoms with Gasteiger partial charge in [0.1, 0.15) is 0 Å². The van der Waals surface area contributed by atoms with Gasteiger partial charge in [-0.15, -0.1) is 6.58 Å². The van der Waals surface area contributed by atoms with Gasteiger partial charge in [-0.1, -0.05) is 24.3 Å². The Morgan fingerprint density at radius 2 is 2.04 bits per heavy atom. The number of hydrogen-bond acceptors (Lipinski definition) is 6. The largest absolute Gasteiger partial charge is 0.392 e. The number of benzene rings is 1. The van der Waals surface area contributed by atoms with Crippen molar-refractivity contribution in [1.82, 2.24) is 0 Å². The van der Waals surface area contributed by atoms with Crippen molar-refractivity contribution in [3.05, 3.63) is 43.0 Å². The van der Waals surface area contributed by atoms with Crippen molar-refractivity contribution in [1.29, 1.82) is 0 Å². The molecular formula is C18H27NO5S. The number of sulfone groups is 1. The van der Waals surface area contributed by atoms with Gasteiger partial charge >= 0.3 is 0 Å². The first-order valence-corrected chi connectivity index (χ1v) is 10.0. The first-order valence-electron chi connectivity index (χ1n) is 8.38. The molecule has 0 aromatic heterocycles. The van der Waals surface area contributed by atoms with E-state index >= 15 is 0 Å². The second-order valence-corrected chi connectivity index (χ2v) is 8.36. The summed E-state index contributed by atoms with van der Waals surface area (Å²) in [6.07, 6.45) is 0.678. The summed E-state index contributed by atoms with van der Waals surface area (Å²) in [4.78, 5) is 0.285. The summed E-state index contributed by atoms with van der Waals surface area (Å²) in [7, 11) is -1.94. The summed E-state index contributed by atoms with van der Waals surface area (Å²) >= 11 is 0. The zero-order chi connectivity index (χ0) is 18.4. The molecule has 0 bridgehead atoms. The number of rotatable bonds is 9. The summed E-state index contributed by atoms with van der Waals surface area (Å²) < 4.78 is 37.1. The summed E-state index contributed by atoms with van der Waals surface area (Å²) in [6.45, 7) is 3.85. The predicted octanol–water partition coefficient (Wildman–Crippen LogP) is 1.14. The molecule has 0 aliphatic carbocycles. The van der Waals surface area contributed by atoms with Crippen LogP contribution in [0.4, 0.5) is 0 Å². The molecule has 1 aromatic rings. The van der Waals surface area contributed by atoms with Gasteiger partial charge in [-0.25, -0.2) is 8.42 Å². The first kappa shape index (κ1) is 20.1. The summed E-state index contributed by atoms with van der Waals surface area (Å²) in [5, 5.41) is 9.85. The van der Waals surface area contributed by atoms with Crippen LogP contribution in [0.1, 0.15) is 12.8 Å². The molecular weight excluding hydrogens is 342 g/mol. The standard InChI is InChI=1S/C18H27NO5S/c1-3-7-16-15(12-25(21,22)14-8-5-4-6-9-14)18(23-2)17(24-16)10-13(20)11-19/h3-6,8-9,13,15-18,20H,1,7,10-12,19H2,2H3/t13-,15?,16-,17+,18+/m0/s1. The Labute approximate surface area is 149 Å². The van der Waals surface area contributed by atoms with Crippen molar-refractivity contribution in [2.45, 2.75) is 42.2 Å². The number of aliphatic hydroxyl groups is 1. The third-order valence-corrected chi connectivity index (χ3v) is 6.39. The van der Waals surface area contributed by atoms with E-state index in [0.29, 0.717) is 12.8 Å². The maximum Gasteiger partial charge on any atom is 0.178 e. The molecule has 0 spiro atoms. The summed E-state index contributed by atoms with van der Waals surface area (Å²) in [6, 6.07) is 8.36. The Morgan fingerprint density at radius 1 is 1.36 bits per heavy atom. The van der Waals surface area contributed by atoms with Crippen LogP contribution in [0.5, 0.6) is 0 Å². The van der Waals surface area contributed by atoms with Crippen molar-refractivity contribution in [2.75, 3.05) is 19.4 Å². The minimum atomic E-state index is -3.48. The zero-order valence-corrected chi connectivity index (χ0v) is 15.3. The summed E-state index contributed by atoms with van der Waals surface area (Å²) in [5.41, 5.74) is 5.48. The maximum atomic E-state index is 12.8. The molecule has 1 fully saturated rings. The molecule has 3 N–H and O–H groups in total. The number of hydrogen-bond donors (Lipinski definition) is 2. The number of methoxy groups -OCH3 is 1. The average Bonchev–Trinajstić information content (AvgIpc) is 2.91. The van der Waals surface area contributed by atoms with Crippen LogP contribution >= 0.6 is 0 Å². The maximum absolute atomic E-state index is 12.8. The molecule has 140 valence electrons. The normalized spacial score (nSPS) is 28.0. The molecule has 1 aliphatic heterocycles. The van der Waals surface area contributed by atoms with Gasteiger partial charge in [0.25, 0.3) is 0 Å². The van der Waals surface area contributed by atoms with E-state index in [0.717, 1.165) is 0 Å². The highest BCUT2D eigenvalue weighted by molar-refractivity contribution is 7.91. The van der Waals surface area contributed by atoms with Gasteiger partial charge < -0.3 is 20.3 Å². The van der Waals surface area contributed by atoms with Crippen molar-refractivity contribution < 1.29 is 23.0 Å². The van der Waals surface area contributed by atoms with E-state index in [1.165, 1.54) is 7.11 Å². The molecule has 1 heterocycles. The van der Waals surface area contributed by atoms with Crippen LogP contribution in [0.25, 0.3) is 0 Å². The zero-order valence-electron chi connectivity index (χ0n) is 14.5. The quantitative estimate of drug-likeness (QED) is 0.634. The fourth-order valence-electron chi connectivity index (χ4n) is 3.34. The smallest absolute Gasteiger partial charge is 0.178 e. The van der Waals surface area contributed by atoms with Gasteiger partial charge in [-0.2, -0.15) is 0 Å². The van der Waals surface area contributed by atoms with Crippen LogP contribution in [0.15, 0.2) is 47.9 Å². The molecule has 5 atom stereocenters. The Hall–Kier alpha value is -1.25. The highest BCUT2D eigenvalue weighted by Crippen LogP contribution is 2.35. The lowest BCUT2D eigenvalue weighted by Crippen LogP contribution is -2.37. The van der Waals surface area contributed by atoms with Crippen molar-refractivity contribution in [2.24, 2.45) is 11.7 Å². The van der Waals surface area contributed by atoms with Gasteiger partial charge in [0.05, 0.1) is 35.1 Å². The van der Waals surface area contributed by atoms with Crippen LogP contribution in [-0.2, 0) is 19.3 Å². The number of ether oxygens (including phenoxy) is 2. The molecule has 2 rings (SSSR count). The molecule has 1 unspecified atom stereocenters. The Morgan fingerprint density at radius 3 is 2.60 bits per heavy atom. The van der Waals surface area contributed by atoms with E-state index in [1.807, 2.05) is 0 Å². The third kappa shape index (κ3) is 4.89. The van der Waals surface area contributed by atoms with E-state index in [9.17, 15) is 13.5 Å². The topological polar surface area (TPSA) is 98.8 Å². The van der Waals surface area contributed by atoms with Gasteiger partial charge in [0.15, 0.2) is 9.84 Å². The van der Waals surface area contributed by atoms with Crippen molar-refractivity contribution in [3.63, 3.8) is 0 Å². The van der Waals surface area contributed by atoms with E-state index in [-0.39, 0.29) is 29.2 Å². The van der Waals surface area contributed by atoms with Crippen molar-refractivity contribution in [3.8, 4) is 0 Å². The second kappa shape index (κ2) is 8.91. The SMILES string of the molecule is C=CC[C@@H]1O[C@H](C[C@H](O)CN)[C@H](OC)C1CS(=O)(=O)c1ccccc1. The Kier molecular flexibility index (Phi) is 7.15. The number of aliphatic hydroxyl groups excluding tert-OH is 1. The van der Waals surface area contributed by atoms with Gasteiger partial charge in [-0.05, 0) is 18.6 Å². The summed E-state index contributed by atoms with van der Waals surface area (Å²) in [5.74, 6) is -0.424. The molecule has 6 nitrogen and oxygen atoms in total. The van der Waals surface area contributed by atoms with E-state index in [4.69, 9.17) is 15.2 Å². The second-order valence-electron chi connectivity index (χ2n) is 6.32. The minimum Gasteiger partial charge on any atom is -0.392 e. The minimum absolute atomic E-state index is 0.0801. The predicted molar refractivity (Wildman–Crippen MR) is 95.9 cm³/mol. The Bertz CT molecular complexity index is 649. The Balaban J connectivity index is 2.23. The molecule has 1 aliphatic rings.